The number of rotatable bonds is 5. The number of carbonyl (C=O) groups is 1. The molecule has 0 fully saturated rings. The molecule has 0 saturated heterocycles. The topological polar surface area (TPSA) is 17.1 Å². The first kappa shape index (κ1) is 16.5. The highest BCUT2D eigenvalue weighted by molar-refractivity contribution is 6.23. The smallest absolute Gasteiger partial charge is 0.167 e. The zero-order chi connectivity index (χ0) is 16.9. The van der Waals surface area contributed by atoms with E-state index >= 15 is 0 Å². The highest BCUT2D eigenvalue weighted by Crippen LogP contribution is 2.31. The third-order valence-corrected chi connectivity index (χ3v) is 4.88. The summed E-state index contributed by atoms with van der Waals surface area (Å²) in [5.74, 6) is -0.213. The number of ketones is 1. The number of alkyl halides is 1. The molecule has 2 atom stereocenters. The molecule has 0 N–H and O–H groups in total. The maximum absolute atomic E-state index is 12.7. The van der Waals surface area contributed by atoms with Gasteiger partial charge in [-0.1, -0.05) is 91.9 Å². The molecule has 0 aliphatic heterocycles. The number of halogens is 1. The summed E-state index contributed by atoms with van der Waals surface area (Å²) in [7, 11) is 0. The van der Waals surface area contributed by atoms with Gasteiger partial charge in [0.25, 0.3) is 0 Å². The predicted octanol–water partition coefficient (Wildman–Crippen LogP) is 6.15. The van der Waals surface area contributed by atoms with E-state index in [9.17, 15) is 4.79 Å². The van der Waals surface area contributed by atoms with Crippen molar-refractivity contribution in [2.24, 2.45) is 5.92 Å². The molecule has 3 aromatic rings. The average Bonchev–Trinajstić information content (AvgIpc) is 2.68. The van der Waals surface area contributed by atoms with Crippen LogP contribution in [0.1, 0.15) is 28.2 Å². The normalized spacial score (nSPS) is 13.2. The molecule has 0 aliphatic carbocycles. The van der Waals surface area contributed by atoms with E-state index in [0.29, 0.717) is 5.56 Å². The summed E-state index contributed by atoms with van der Waals surface area (Å²) in [5.41, 5.74) is 3.92. The Morgan fingerprint density at radius 1 is 0.750 bits per heavy atom. The van der Waals surface area contributed by atoms with Crippen LogP contribution < -0.4 is 0 Å². The number of benzene rings is 3. The lowest BCUT2D eigenvalue weighted by atomic mass is 9.91. The van der Waals surface area contributed by atoms with E-state index in [2.05, 4.69) is 12.1 Å². The Bertz CT molecular complexity index is 794. The molecule has 3 aromatic carbocycles. The van der Waals surface area contributed by atoms with Crippen molar-refractivity contribution in [1.29, 1.82) is 0 Å². The molecule has 0 unspecified atom stereocenters. The molecular weight excluding hydrogens is 316 g/mol. The van der Waals surface area contributed by atoms with Crippen molar-refractivity contribution in [2.45, 2.75) is 12.3 Å². The Balaban J connectivity index is 1.77. The van der Waals surface area contributed by atoms with Crippen molar-refractivity contribution in [1.82, 2.24) is 0 Å². The minimum Gasteiger partial charge on any atom is -0.294 e. The van der Waals surface area contributed by atoms with Crippen LogP contribution in [0.15, 0.2) is 84.9 Å². The van der Waals surface area contributed by atoms with Crippen LogP contribution in [-0.4, -0.2) is 5.78 Å². The highest BCUT2D eigenvalue weighted by Gasteiger charge is 2.24. The molecule has 0 amide bonds. The van der Waals surface area contributed by atoms with Crippen LogP contribution in [-0.2, 0) is 0 Å². The van der Waals surface area contributed by atoms with E-state index in [-0.39, 0.29) is 17.1 Å². The summed E-state index contributed by atoms with van der Waals surface area (Å²) >= 11 is 6.51. The second kappa shape index (κ2) is 7.46. The minimum atomic E-state index is -0.326. The fraction of sp³-hybridized carbons (Fsp3) is 0.136. The van der Waals surface area contributed by atoms with E-state index in [1.165, 1.54) is 0 Å². The second-order valence-electron chi connectivity index (χ2n) is 5.91. The third kappa shape index (κ3) is 3.58. The molecule has 0 saturated carbocycles. The number of Topliss-reactive ketones (excluding diaryl/α,β-unsaturated/α-hetero) is 1. The lowest BCUT2D eigenvalue weighted by Crippen LogP contribution is -2.16. The summed E-state index contributed by atoms with van der Waals surface area (Å²) in [5, 5.41) is -0.326. The summed E-state index contributed by atoms with van der Waals surface area (Å²) in [6.45, 7) is 1.89. The van der Waals surface area contributed by atoms with Gasteiger partial charge in [0.15, 0.2) is 5.78 Å². The average molecular weight is 335 g/mol. The fourth-order valence-corrected chi connectivity index (χ4v) is 3.04. The van der Waals surface area contributed by atoms with Crippen molar-refractivity contribution in [3.8, 4) is 11.1 Å². The van der Waals surface area contributed by atoms with Gasteiger partial charge in [-0.05, 0) is 16.7 Å². The van der Waals surface area contributed by atoms with Crippen molar-refractivity contribution in [3.63, 3.8) is 0 Å². The van der Waals surface area contributed by atoms with Crippen molar-refractivity contribution in [2.75, 3.05) is 0 Å². The van der Waals surface area contributed by atoms with Gasteiger partial charge in [-0.3, -0.25) is 4.79 Å². The molecule has 1 nitrogen and oxygen atoms in total. The zero-order valence-electron chi connectivity index (χ0n) is 13.5. The molecule has 0 heterocycles. The van der Waals surface area contributed by atoms with E-state index in [1.807, 2.05) is 79.7 Å². The van der Waals surface area contributed by atoms with Gasteiger partial charge in [0.1, 0.15) is 0 Å². The van der Waals surface area contributed by atoms with E-state index in [1.54, 1.807) is 0 Å². The quantitative estimate of drug-likeness (QED) is 0.404. The first-order chi connectivity index (χ1) is 11.7. The van der Waals surface area contributed by atoms with Gasteiger partial charge in [-0.15, -0.1) is 11.6 Å². The monoisotopic (exact) mass is 334 g/mol. The molecule has 0 spiro atoms. The van der Waals surface area contributed by atoms with Crippen LogP contribution in [0.5, 0.6) is 0 Å². The van der Waals surface area contributed by atoms with E-state index in [0.717, 1.165) is 16.7 Å². The summed E-state index contributed by atoms with van der Waals surface area (Å²) < 4.78 is 0. The number of hydrogen-bond acceptors (Lipinski definition) is 1. The largest absolute Gasteiger partial charge is 0.294 e. The molecule has 2 heteroatoms. The Labute approximate surface area is 147 Å². The molecule has 0 bridgehead atoms. The van der Waals surface area contributed by atoms with Crippen LogP contribution >= 0.6 is 11.6 Å². The van der Waals surface area contributed by atoms with Crippen LogP contribution in [0.25, 0.3) is 11.1 Å². The van der Waals surface area contributed by atoms with Crippen molar-refractivity contribution in [3.05, 3.63) is 96.1 Å². The summed E-state index contributed by atoms with van der Waals surface area (Å²) in [6, 6.07) is 27.6. The number of hydrogen-bond donors (Lipinski definition) is 0. The van der Waals surface area contributed by atoms with Crippen molar-refractivity contribution < 1.29 is 4.79 Å². The molecule has 24 heavy (non-hydrogen) atoms. The van der Waals surface area contributed by atoms with Gasteiger partial charge >= 0.3 is 0 Å². The summed E-state index contributed by atoms with van der Waals surface area (Å²) in [6.07, 6.45) is 0. The second-order valence-corrected chi connectivity index (χ2v) is 6.38. The lowest BCUT2D eigenvalue weighted by Gasteiger charge is -2.17. The van der Waals surface area contributed by atoms with Crippen molar-refractivity contribution >= 4 is 17.4 Å². The molecule has 3 rings (SSSR count). The lowest BCUT2D eigenvalue weighted by molar-refractivity contribution is 0.0926. The van der Waals surface area contributed by atoms with Crippen LogP contribution in [0.3, 0.4) is 0 Å². The molecule has 0 radical (unpaired) electrons. The maximum Gasteiger partial charge on any atom is 0.167 e. The molecule has 120 valence electrons. The maximum atomic E-state index is 12.7. The van der Waals surface area contributed by atoms with Crippen LogP contribution in [0.4, 0.5) is 0 Å². The predicted molar refractivity (Wildman–Crippen MR) is 100 cm³/mol. The van der Waals surface area contributed by atoms with Gasteiger partial charge in [-0.25, -0.2) is 0 Å². The van der Waals surface area contributed by atoms with E-state index < -0.39 is 0 Å². The first-order valence-corrected chi connectivity index (χ1v) is 8.49. The van der Waals surface area contributed by atoms with Gasteiger partial charge in [-0.2, -0.15) is 0 Å². The molecule has 0 aromatic heterocycles. The van der Waals surface area contributed by atoms with Gasteiger partial charge in [0.05, 0.1) is 5.38 Å². The van der Waals surface area contributed by atoms with Crippen LogP contribution in [0, 0.1) is 5.92 Å². The van der Waals surface area contributed by atoms with Gasteiger partial charge < -0.3 is 0 Å². The van der Waals surface area contributed by atoms with E-state index in [4.69, 9.17) is 11.6 Å². The Morgan fingerprint density at radius 2 is 1.25 bits per heavy atom. The molecular formula is C22H19ClO. The highest BCUT2D eigenvalue weighted by atomic mass is 35.5. The SMILES string of the molecule is C[C@@H](C(=O)c1ccc(-c2ccccc2)cc1)[C@@H](Cl)c1ccccc1. The van der Waals surface area contributed by atoms with Crippen LogP contribution in [0.2, 0.25) is 0 Å². The Morgan fingerprint density at radius 3 is 1.83 bits per heavy atom. The van der Waals surface area contributed by atoms with Gasteiger partial charge in [0, 0.05) is 11.5 Å². The third-order valence-electron chi connectivity index (χ3n) is 4.25. The Hall–Kier alpha value is -2.38. The molecule has 0 aliphatic rings. The fourth-order valence-electron chi connectivity index (χ4n) is 2.78. The minimum absolute atomic E-state index is 0.0680. The summed E-state index contributed by atoms with van der Waals surface area (Å²) in [4.78, 5) is 12.7. The Kier molecular flexibility index (Phi) is 5.12. The standard InChI is InChI=1S/C22H19ClO/c1-16(21(23)19-10-6-3-7-11-19)22(24)20-14-12-18(13-15-20)17-8-4-2-5-9-17/h2-16,21H,1H3/t16-,21-/m1/s1. The zero-order valence-corrected chi connectivity index (χ0v) is 14.3. The van der Waals surface area contributed by atoms with Gasteiger partial charge in [0.2, 0.25) is 0 Å². The first-order valence-electron chi connectivity index (χ1n) is 8.05. The number of carbonyl (C=O) groups excluding carboxylic acids is 1.